The number of carbonyl (C=O) groups is 3. The fourth-order valence-electron chi connectivity index (χ4n) is 3.08. The zero-order valence-corrected chi connectivity index (χ0v) is 20.0. The van der Waals surface area contributed by atoms with E-state index in [9.17, 15) is 18.8 Å². The number of benzene rings is 3. The van der Waals surface area contributed by atoms with Gasteiger partial charge in [0, 0.05) is 11.1 Å². The molecule has 0 saturated carbocycles. The average Bonchev–Trinajstić information content (AvgIpc) is 2.87. The molecule has 0 aliphatic carbocycles. The molecule has 0 aromatic heterocycles. The Morgan fingerprint density at radius 2 is 1.17 bits per heavy atom. The summed E-state index contributed by atoms with van der Waals surface area (Å²) in [6.07, 6.45) is 0. The van der Waals surface area contributed by atoms with Crippen molar-refractivity contribution in [1.29, 1.82) is 0 Å². The average molecular weight is 489 g/mol. The number of ether oxygens (including phenoxy) is 3. The number of rotatable bonds is 9. The molecule has 3 aromatic carbocycles. The summed E-state index contributed by atoms with van der Waals surface area (Å²) < 4.78 is 29.4. The van der Waals surface area contributed by atoms with Crippen molar-refractivity contribution < 1.29 is 33.0 Å². The van der Waals surface area contributed by atoms with Crippen LogP contribution in [-0.2, 0) is 19.1 Å². The molecule has 0 heterocycles. The summed E-state index contributed by atoms with van der Waals surface area (Å²) in [7, 11) is 0. The quantitative estimate of drug-likeness (QED) is 0.161. The summed E-state index contributed by atoms with van der Waals surface area (Å²) in [4.78, 5) is 35.1. The first-order chi connectivity index (χ1) is 17.2. The number of esters is 3. The van der Waals surface area contributed by atoms with Gasteiger partial charge in [-0.05, 0) is 60.4 Å². The molecule has 3 rings (SSSR count). The zero-order valence-electron chi connectivity index (χ0n) is 20.0. The van der Waals surface area contributed by atoms with Crippen molar-refractivity contribution in [1.82, 2.24) is 0 Å². The molecule has 0 amide bonds. The third-order valence-electron chi connectivity index (χ3n) is 5.05. The Kier molecular flexibility index (Phi) is 8.52. The Morgan fingerprint density at radius 3 is 1.69 bits per heavy atom. The van der Waals surface area contributed by atoms with Gasteiger partial charge < -0.3 is 14.2 Å². The van der Waals surface area contributed by atoms with Crippen molar-refractivity contribution in [3.8, 4) is 28.0 Å². The third kappa shape index (κ3) is 6.76. The number of hydrogen-bond acceptors (Lipinski definition) is 6. The molecule has 0 fully saturated rings. The Labute approximate surface area is 208 Å². The zero-order chi connectivity index (χ0) is 26.2. The number of hydrogen-bond donors (Lipinski definition) is 0. The van der Waals surface area contributed by atoms with E-state index in [1.807, 2.05) is 24.3 Å². The van der Waals surface area contributed by atoms with Crippen LogP contribution in [0.2, 0.25) is 0 Å². The van der Waals surface area contributed by atoms with Crippen LogP contribution in [-0.4, -0.2) is 31.1 Å². The molecule has 0 bridgehead atoms. The van der Waals surface area contributed by atoms with E-state index in [-0.39, 0.29) is 30.1 Å². The van der Waals surface area contributed by atoms with Crippen molar-refractivity contribution >= 4 is 17.9 Å². The van der Waals surface area contributed by atoms with Gasteiger partial charge in [0.1, 0.15) is 13.2 Å². The minimum absolute atomic E-state index is 0.0475. The SMILES string of the molecule is C=C(C)C(=O)OCCOC(=O)c1ccc(-c2ccc(-c3ccc(OC(=O)C(=C)C)c(F)c3)cc2)cc1. The topological polar surface area (TPSA) is 78.9 Å². The van der Waals surface area contributed by atoms with E-state index in [0.717, 1.165) is 16.7 Å². The van der Waals surface area contributed by atoms with Gasteiger partial charge in [0.05, 0.1) is 5.56 Å². The molecule has 6 nitrogen and oxygen atoms in total. The van der Waals surface area contributed by atoms with Crippen LogP contribution < -0.4 is 4.74 Å². The van der Waals surface area contributed by atoms with Gasteiger partial charge in [-0.2, -0.15) is 0 Å². The smallest absolute Gasteiger partial charge is 0.338 e. The molecule has 184 valence electrons. The van der Waals surface area contributed by atoms with Gasteiger partial charge in [0.2, 0.25) is 0 Å². The highest BCUT2D eigenvalue weighted by Gasteiger charge is 2.12. The largest absolute Gasteiger partial charge is 0.459 e. The molecule has 0 aliphatic rings. The fraction of sp³-hybridized carbons (Fsp3) is 0.138. The van der Waals surface area contributed by atoms with E-state index in [0.29, 0.717) is 11.1 Å². The Morgan fingerprint density at radius 1 is 0.694 bits per heavy atom. The summed E-state index contributed by atoms with van der Waals surface area (Å²) in [5.41, 5.74) is 4.01. The van der Waals surface area contributed by atoms with Crippen molar-refractivity contribution in [2.24, 2.45) is 0 Å². The first kappa shape index (κ1) is 26.1. The second-order valence-electron chi connectivity index (χ2n) is 8.02. The highest BCUT2D eigenvalue weighted by Crippen LogP contribution is 2.28. The Bertz CT molecular complexity index is 1310. The van der Waals surface area contributed by atoms with E-state index >= 15 is 0 Å². The lowest BCUT2D eigenvalue weighted by Gasteiger charge is -2.09. The third-order valence-corrected chi connectivity index (χ3v) is 5.05. The standard InChI is InChI=1S/C29H25FO6/c1-18(2)27(31)34-15-16-35-29(33)23-11-9-21(10-12-23)20-5-7-22(8-6-20)24-13-14-26(25(30)17-24)36-28(32)19(3)4/h5-14,17H,1,3,15-16H2,2,4H3. The molecule has 36 heavy (non-hydrogen) atoms. The Hall–Kier alpha value is -4.52. The first-order valence-electron chi connectivity index (χ1n) is 11.0. The maximum Gasteiger partial charge on any atom is 0.338 e. The molecule has 0 aliphatic heterocycles. The maximum atomic E-state index is 14.4. The van der Waals surface area contributed by atoms with Crippen LogP contribution in [0.1, 0.15) is 24.2 Å². The van der Waals surface area contributed by atoms with E-state index in [2.05, 4.69) is 13.2 Å². The van der Waals surface area contributed by atoms with Crippen LogP contribution in [0.4, 0.5) is 4.39 Å². The molecule has 0 N–H and O–H groups in total. The predicted octanol–water partition coefficient (Wildman–Crippen LogP) is 5.92. The lowest BCUT2D eigenvalue weighted by Crippen LogP contribution is -2.14. The molecule has 0 spiro atoms. The monoisotopic (exact) mass is 488 g/mol. The summed E-state index contributed by atoms with van der Waals surface area (Å²) in [5, 5.41) is 0. The first-order valence-corrected chi connectivity index (χ1v) is 11.0. The molecule has 0 atom stereocenters. The molecule has 0 radical (unpaired) electrons. The van der Waals surface area contributed by atoms with Crippen molar-refractivity contribution in [3.63, 3.8) is 0 Å². The van der Waals surface area contributed by atoms with Crippen molar-refractivity contribution in [2.45, 2.75) is 13.8 Å². The van der Waals surface area contributed by atoms with Crippen LogP contribution in [0.15, 0.2) is 91.0 Å². The van der Waals surface area contributed by atoms with E-state index < -0.39 is 23.7 Å². The van der Waals surface area contributed by atoms with Crippen LogP contribution in [0.25, 0.3) is 22.3 Å². The molecule has 7 heteroatoms. The van der Waals surface area contributed by atoms with Gasteiger partial charge in [-0.15, -0.1) is 0 Å². The summed E-state index contributed by atoms with van der Waals surface area (Å²) in [5.74, 6) is -2.55. The van der Waals surface area contributed by atoms with E-state index in [1.165, 1.54) is 26.0 Å². The van der Waals surface area contributed by atoms with Gasteiger partial charge in [-0.3, -0.25) is 0 Å². The second kappa shape index (κ2) is 11.8. The van der Waals surface area contributed by atoms with Gasteiger partial charge in [0.25, 0.3) is 0 Å². The lowest BCUT2D eigenvalue weighted by molar-refractivity contribution is -0.140. The fourth-order valence-corrected chi connectivity index (χ4v) is 3.08. The van der Waals surface area contributed by atoms with Crippen LogP contribution in [0.5, 0.6) is 5.75 Å². The molecular weight excluding hydrogens is 463 g/mol. The maximum absolute atomic E-state index is 14.4. The molecule has 0 saturated heterocycles. The Balaban J connectivity index is 1.61. The van der Waals surface area contributed by atoms with Crippen LogP contribution in [0.3, 0.4) is 0 Å². The highest BCUT2D eigenvalue weighted by molar-refractivity contribution is 5.90. The molecular formula is C29H25FO6. The summed E-state index contributed by atoms with van der Waals surface area (Å²) in [6.45, 7) is 9.87. The van der Waals surface area contributed by atoms with Gasteiger partial charge in [-0.25, -0.2) is 18.8 Å². The van der Waals surface area contributed by atoms with E-state index in [4.69, 9.17) is 14.2 Å². The van der Waals surface area contributed by atoms with Gasteiger partial charge in [-0.1, -0.05) is 55.6 Å². The second-order valence-corrected chi connectivity index (χ2v) is 8.02. The van der Waals surface area contributed by atoms with Crippen molar-refractivity contribution in [2.75, 3.05) is 13.2 Å². The summed E-state index contributed by atoms with van der Waals surface area (Å²) in [6, 6.07) is 18.7. The van der Waals surface area contributed by atoms with Gasteiger partial charge >= 0.3 is 17.9 Å². The number of halogens is 1. The minimum Gasteiger partial charge on any atom is -0.459 e. The number of carbonyl (C=O) groups excluding carboxylic acids is 3. The molecule has 3 aromatic rings. The normalized spacial score (nSPS) is 10.3. The van der Waals surface area contributed by atoms with Crippen molar-refractivity contribution in [3.05, 3.63) is 102 Å². The summed E-state index contributed by atoms with van der Waals surface area (Å²) >= 11 is 0. The van der Waals surface area contributed by atoms with Crippen LogP contribution >= 0.6 is 0 Å². The van der Waals surface area contributed by atoms with E-state index in [1.54, 1.807) is 30.3 Å². The molecule has 0 unspecified atom stereocenters. The minimum atomic E-state index is -0.686. The lowest BCUT2D eigenvalue weighted by atomic mass is 9.99. The van der Waals surface area contributed by atoms with Gasteiger partial charge in [0.15, 0.2) is 11.6 Å². The predicted molar refractivity (Wildman–Crippen MR) is 134 cm³/mol. The highest BCUT2D eigenvalue weighted by atomic mass is 19.1. The van der Waals surface area contributed by atoms with Crippen LogP contribution in [0, 0.1) is 5.82 Å².